The van der Waals surface area contributed by atoms with Gasteiger partial charge in [-0.2, -0.15) is 0 Å². The van der Waals surface area contributed by atoms with E-state index in [-0.39, 0.29) is 11.9 Å². The van der Waals surface area contributed by atoms with E-state index in [4.69, 9.17) is 0 Å². The second-order valence-electron chi connectivity index (χ2n) is 7.78. The lowest BCUT2D eigenvalue weighted by Gasteiger charge is -2.14. The zero-order valence-electron chi connectivity index (χ0n) is 17.3. The smallest absolute Gasteiger partial charge is 0.220 e. The van der Waals surface area contributed by atoms with Crippen LogP contribution in [-0.2, 0) is 11.2 Å². The van der Waals surface area contributed by atoms with Crippen molar-refractivity contribution >= 4 is 5.91 Å². The van der Waals surface area contributed by atoms with Crippen molar-refractivity contribution in [3.8, 4) is 0 Å². The summed E-state index contributed by atoms with van der Waals surface area (Å²) in [4.78, 5) is 12.0. The molecule has 0 saturated heterocycles. The minimum atomic E-state index is 0.224. The van der Waals surface area contributed by atoms with Crippen molar-refractivity contribution in [2.75, 3.05) is 0 Å². The molecule has 0 aliphatic carbocycles. The average Bonchev–Trinajstić information content (AvgIpc) is 2.65. The van der Waals surface area contributed by atoms with E-state index < -0.39 is 0 Å². The first kappa shape index (κ1) is 22.7. The van der Waals surface area contributed by atoms with Gasteiger partial charge in [0.15, 0.2) is 0 Å². The molecule has 0 heterocycles. The van der Waals surface area contributed by atoms with Crippen molar-refractivity contribution < 1.29 is 4.79 Å². The van der Waals surface area contributed by atoms with Gasteiger partial charge >= 0.3 is 0 Å². The van der Waals surface area contributed by atoms with Crippen LogP contribution in [0.15, 0.2) is 30.3 Å². The number of aryl methyl sites for hydroxylation is 1. The van der Waals surface area contributed by atoms with Crippen molar-refractivity contribution in [2.24, 2.45) is 0 Å². The minimum Gasteiger partial charge on any atom is -0.354 e. The Morgan fingerprint density at radius 3 is 1.96 bits per heavy atom. The Kier molecular flexibility index (Phi) is 13.9. The Morgan fingerprint density at radius 1 is 0.846 bits per heavy atom. The molecule has 0 aromatic heterocycles. The van der Waals surface area contributed by atoms with Gasteiger partial charge in [-0.05, 0) is 31.7 Å². The lowest BCUT2D eigenvalue weighted by Crippen LogP contribution is -2.32. The Balaban J connectivity index is 1.90. The van der Waals surface area contributed by atoms with Crippen molar-refractivity contribution in [1.29, 1.82) is 0 Å². The lowest BCUT2D eigenvalue weighted by molar-refractivity contribution is -0.121. The predicted molar refractivity (Wildman–Crippen MR) is 113 cm³/mol. The molecule has 0 saturated carbocycles. The molecule has 1 amide bonds. The van der Waals surface area contributed by atoms with Crippen LogP contribution >= 0.6 is 0 Å². The second kappa shape index (κ2) is 15.9. The van der Waals surface area contributed by atoms with Gasteiger partial charge in [0.2, 0.25) is 5.91 Å². The highest BCUT2D eigenvalue weighted by Crippen LogP contribution is 2.12. The van der Waals surface area contributed by atoms with Crippen LogP contribution < -0.4 is 5.32 Å². The van der Waals surface area contributed by atoms with Gasteiger partial charge in [0.25, 0.3) is 0 Å². The topological polar surface area (TPSA) is 29.1 Å². The second-order valence-corrected chi connectivity index (χ2v) is 7.78. The molecule has 0 bridgehead atoms. The van der Waals surface area contributed by atoms with Crippen LogP contribution in [0.5, 0.6) is 0 Å². The molecular weight excluding hydrogens is 318 g/mol. The van der Waals surface area contributed by atoms with Crippen molar-refractivity contribution in [1.82, 2.24) is 5.32 Å². The highest BCUT2D eigenvalue weighted by molar-refractivity contribution is 5.76. The normalized spacial score (nSPS) is 12.1. The summed E-state index contributed by atoms with van der Waals surface area (Å²) in [7, 11) is 0. The number of hydrogen-bond donors (Lipinski definition) is 1. The summed E-state index contributed by atoms with van der Waals surface area (Å²) in [5.74, 6) is 0.224. The van der Waals surface area contributed by atoms with E-state index in [1.165, 1.54) is 69.8 Å². The number of amides is 1. The Bertz CT molecular complexity index is 443. The molecule has 2 heteroatoms. The third kappa shape index (κ3) is 13.0. The highest BCUT2D eigenvalue weighted by Gasteiger charge is 2.07. The third-order valence-corrected chi connectivity index (χ3v) is 5.12. The first-order valence-corrected chi connectivity index (χ1v) is 11.1. The summed E-state index contributed by atoms with van der Waals surface area (Å²) < 4.78 is 0. The fraction of sp³-hybridized carbons (Fsp3) is 0.708. The van der Waals surface area contributed by atoms with Gasteiger partial charge in [-0.25, -0.2) is 0 Å². The first-order chi connectivity index (χ1) is 12.7. The zero-order valence-corrected chi connectivity index (χ0v) is 17.3. The summed E-state index contributed by atoms with van der Waals surface area (Å²) in [5.41, 5.74) is 1.35. The standard InChI is InChI=1S/C24H41NO/c1-3-4-5-6-7-8-9-10-11-12-16-19-24(26)25-22(2)20-21-23-17-14-13-15-18-23/h13-15,17-18,22H,3-12,16,19-21H2,1-2H3,(H,25,26). The van der Waals surface area contributed by atoms with Crippen LogP contribution in [0.1, 0.15) is 103 Å². The lowest BCUT2D eigenvalue weighted by atomic mass is 10.0. The fourth-order valence-corrected chi connectivity index (χ4v) is 3.40. The molecule has 1 atom stereocenters. The molecule has 1 unspecified atom stereocenters. The molecule has 1 N–H and O–H groups in total. The summed E-state index contributed by atoms with van der Waals surface area (Å²) in [5, 5.41) is 3.15. The van der Waals surface area contributed by atoms with Crippen LogP contribution in [0.3, 0.4) is 0 Å². The molecule has 0 aliphatic rings. The fourth-order valence-electron chi connectivity index (χ4n) is 3.40. The van der Waals surface area contributed by atoms with Crippen LogP contribution in [0.4, 0.5) is 0 Å². The molecule has 1 aromatic rings. The van der Waals surface area contributed by atoms with Crippen molar-refractivity contribution in [3.05, 3.63) is 35.9 Å². The molecule has 0 aliphatic heterocycles. The summed E-state index contributed by atoms with van der Waals surface area (Å²) in [6, 6.07) is 10.8. The number of rotatable bonds is 16. The summed E-state index contributed by atoms with van der Waals surface area (Å²) >= 11 is 0. The molecule has 2 nitrogen and oxygen atoms in total. The maximum Gasteiger partial charge on any atom is 0.220 e. The Labute approximate surface area is 162 Å². The SMILES string of the molecule is CCCCCCCCCCCCCC(=O)NC(C)CCc1ccccc1. The predicted octanol–water partition coefficient (Wildman–Crippen LogP) is 6.83. The van der Waals surface area contributed by atoms with E-state index in [2.05, 4.69) is 43.4 Å². The van der Waals surface area contributed by atoms with Crippen LogP contribution in [0, 0.1) is 0 Å². The number of carbonyl (C=O) groups excluding carboxylic acids is 1. The quantitative estimate of drug-likeness (QED) is 0.322. The highest BCUT2D eigenvalue weighted by atomic mass is 16.1. The van der Waals surface area contributed by atoms with Crippen LogP contribution in [0.2, 0.25) is 0 Å². The van der Waals surface area contributed by atoms with Crippen LogP contribution in [-0.4, -0.2) is 11.9 Å². The number of unbranched alkanes of at least 4 members (excludes halogenated alkanes) is 10. The van der Waals surface area contributed by atoms with Gasteiger partial charge in [-0.15, -0.1) is 0 Å². The number of nitrogens with one attached hydrogen (secondary N) is 1. The molecule has 1 rings (SSSR count). The van der Waals surface area contributed by atoms with Gasteiger partial charge in [0.1, 0.15) is 0 Å². The molecule has 148 valence electrons. The largest absolute Gasteiger partial charge is 0.354 e. The van der Waals surface area contributed by atoms with Gasteiger partial charge in [0, 0.05) is 12.5 Å². The molecule has 0 radical (unpaired) electrons. The maximum atomic E-state index is 12.0. The number of hydrogen-bond acceptors (Lipinski definition) is 1. The van der Waals surface area contributed by atoms with E-state index in [1.54, 1.807) is 0 Å². The van der Waals surface area contributed by atoms with E-state index in [9.17, 15) is 4.79 Å². The first-order valence-electron chi connectivity index (χ1n) is 11.1. The van der Waals surface area contributed by atoms with Crippen molar-refractivity contribution in [3.63, 3.8) is 0 Å². The molecular formula is C24H41NO. The molecule has 0 fully saturated rings. The van der Waals surface area contributed by atoms with Crippen molar-refractivity contribution in [2.45, 2.75) is 110 Å². The van der Waals surface area contributed by atoms with E-state index in [0.29, 0.717) is 6.42 Å². The molecule has 26 heavy (non-hydrogen) atoms. The Hall–Kier alpha value is -1.31. The molecule has 1 aromatic carbocycles. The summed E-state index contributed by atoms with van der Waals surface area (Å²) in [6.45, 7) is 4.38. The third-order valence-electron chi connectivity index (χ3n) is 5.12. The van der Waals surface area contributed by atoms with Gasteiger partial charge in [-0.1, -0.05) is 101 Å². The minimum absolute atomic E-state index is 0.224. The average molecular weight is 360 g/mol. The van der Waals surface area contributed by atoms with Gasteiger partial charge < -0.3 is 5.32 Å². The number of carbonyl (C=O) groups is 1. The van der Waals surface area contributed by atoms with E-state index in [0.717, 1.165) is 19.3 Å². The Morgan fingerprint density at radius 2 is 1.38 bits per heavy atom. The maximum absolute atomic E-state index is 12.0. The monoisotopic (exact) mass is 359 g/mol. The van der Waals surface area contributed by atoms with E-state index in [1.807, 2.05) is 6.07 Å². The van der Waals surface area contributed by atoms with Gasteiger partial charge in [-0.3, -0.25) is 4.79 Å². The van der Waals surface area contributed by atoms with Gasteiger partial charge in [0.05, 0.1) is 0 Å². The zero-order chi connectivity index (χ0) is 18.9. The molecule has 0 spiro atoms. The van der Waals surface area contributed by atoms with E-state index >= 15 is 0 Å². The summed E-state index contributed by atoms with van der Waals surface area (Å²) in [6.07, 6.45) is 17.3. The number of benzene rings is 1. The van der Waals surface area contributed by atoms with Crippen LogP contribution in [0.25, 0.3) is 0 Å².